The first-order chi connectivity index (χ1) is 11.7. The molecule has 1 N–H and O–H groups in total. The molecule has 3 rings (SSSR count). The molecule has 0 aliphatic rings. The van der Waals surface area contributed by atoms with Crippen molar-refractivity contribution in [3.8, 4) is 11.5 Å². The van der Waals surface area contributed by atoms with Gasteiger partial charge in [-0.2, -0.15) is 0 Å². The molecular weight excluding hydrogens is 348 g/mol. The molecule has 0 unspecified atom stereocenters. The maximum absolute atomic E-state index is 11.9. The van der Waals surface area contributed by atoms with Crippen molar-refractivity contribution >= 4 is 35.3 Å². The van der Waals surface area contributed by atoms with Crippen LogP contribution in [-0.4, -0.2) is 26.8 Å². The second kappa shape index (κ2) is 7.94. The Morgan fingerprint density at radius 1 is 1.21 bits per heavy atom. The summed E-state index contributed by atoms with van der Waals surface area (Å²) in [4.78, 5) is 17.0. The molecular formula is C16H13ClN4O2S. The molecule has 2 aromatic heterocycles. The van der Waals surface area contributed by atoms with Crippen LogP contribution in [0.3, 0.4) is 0 Å². The van der Waals surface area contributed by atoms with E-state index in [0.29, 0.717) is 28.7 Å². The van der Waals surface area contributed by atoms with E-state index in [4.69, 9.17) is 16.0 Å². The van der Waals surface area contributed by atoms with E-state index >= 15 is 0 Å². The average molecular weight is 361 g/mol. The van der Waals surface area contributed by atoms with Gasteiger partial charge in [0.15, 0.2) is 0 Å². The van der Waals surface area contributed by atoms with Crippen molar-refractivity contribution in [3.63, 3.8) is 0 Å². The van der Waals surface area contributed by atoms with Gasteiger partial charge in [-0.1, -0.05) is 16.7 Å². The predicted octanol–water partition coefficient (Wildman–Crippen LogP) is 3.91. The lowest BCUT2D eigenvalue weighted by molar-refractivity contribution is -0.115. The van der Waals surface area contributed by atoms with Crippen LogP contribution in [0.4, 0.5) is 6.01 Å². The van der Waals surface area contributed by atoms with E-state index in [2.05, 4.69) is 20.5 Å². The highest BCUT2D eigenvalue weighted by molar-refractivity contribution is 7.99. The molecule has 0 saturated heterocycles. The van der Waals surface area contributed by atoms with Crippen molar-refractivity contribution in [2.45, 2.75) is 11.3 Å². The molecule has 0 atom stereocenters. The first-order valence-corrected chi connectivity index (χ1v) is 8.49. The summed E-state index contributed by atoms with van der Waals surface area (Å²) in [6.45, 7) is 0. The SMILES string of the molecule is O=C(CCSc1ccc(Cl)cc1)Nc1nnc(-c2cccnc2)o1. The van der Waals surface area contributed by atoms with Gasteiger partial charge < -0.3 is 4.42 Å². The van der Waals surface area contributed by atoms with Crippen molar-refractivity contribution in [1.82, 2.24) is 15.2 Å². The van der Waals surface area contributed by atoms with Crippen molar-refractivity contribution < 1.29 is 9.21 Å². The minimum Gasteiger partial charge on any atom is -0.403 e. The number of hydrogen-bond acceptors (Lipinski definition) is 6. The van der Waals surface area contributed by atoms with Crippen molar-refractivity contribution in [2.24, 2.45) is 0 Å². The van der Waals surface area contributed by atoms with Crippen LogP contribution in [0.15, 0.2) is 58.1 Å². The number of carbonyl (C=O) groups is 1. The summed E-state index contributed by atoms with van der Waals surface area (Å²) in [6.07, 6.45) is 3.60. The maximum Gasteiger partial charge on any atom is 0.322 e. The van der Waals surface area contributed by atoms with Crippen LogP contribution in [0.2, 0.25) is 5.02 Å². The van der Waals surface area contributed by atoms with E-state index in [1.165, 1.54) is 0 Å². The number of aromatic nitrogens is 3. The number of nitrogens with one attached hydrogen (secondary N) is 1. The molecule has 0 saturated carbocycles. The van der Waals surface area contributed by atoms with Gasteiger partial charge in [0.05, 0.1) is 5.56 Å². The Kier molecular flexibility index (Phi) is 5.45. The maximum atomic E-state index is 11.9. The Morgan fingerprint density at radius 2 is 2.04 bits per heavy atom. The zero-order chi connectivity index (χ0) is 16.8. The van der Waals surface area contributed by atoms with Gasteiger partial charge in [-0.15, -0.1) is 16.9 Å². The molecule has 3 aromatic rings. The van der Waals surface area contributed by atoms with Crippen LogP contribution in [0.25, 0.3) is 11.5 Å². The minimum absolute atomic E-state index is 0.0790. The Hall–Kier alpha value is -2.38. The number of benzene rings is 1. The Labute approximate surface area is 147 Å². The molecule has 2 heterocycles. The first kappa shape index (κ1) is 16.5. The van der Waals surface area contributed by atoms with Crippen LogP contribution < -0.4 is 5.32 Å². The fourth-order valence-corrected chi connectivity index (χ4v) is 2.83. The zero-order valence-electron chi connectivity index (χ0n) is 12.5. The summed E-state index contributed by atoms with van der Waals surface area (Å²) in [5.41, 5.74) is 0.698. The molecule has 0 aliphatic heterocycles. The number of hydrogen-bond donors (Lipinski definition) is 1. The number of carbonyl (C=O) groups excluding carboxylic acids is 1. The van der Waals surface area contributed by atoms with Crippen LogP contribution in [0.1, 0.15) is 6.42 Å². The van der Waals surface area contributed by atoms with Crippen LogP contribution >= 0.6 is 23.4 Å². The van der Waals surface area contributed by atoms with Crippen molar-refractivity contribution in [1.29, 1.82) is 0 Å². The lowest BCUT2D eigenvalue weighted by Gasteiger charge is -2.02. The molecule has 0 aliphatic carbocycles. The van der Waals surface area contributed by atoms with E-state index in [-0.39, 0.29) is 11.9 Å². The van der Waals surface area contributed by atoms with E-state index in [0.717, 1.165) is 4.90 Å². The molecule has 0 spiro atoms. The number of pyridine rings is 1. The van der Waals surface area contributed by atoms with E-state index < -0.39 is 0 Å². The number of thioether (sulfide) groups is 1. The summed E-state index contributed by atoms with van der Waals surface area (Å²) >= 11 is 7.41. The highest BCUT2D eigenvalue weighted by Crippen LogP contribution is 2.21. The molecule has 1 aromatic carbocycles. The molecule has 0 bridgehead atoms. The van der Waals surface area contributed by atoms with Gasteiger partial charge in [-0.25, -0.2) is 0 Å². The lowest BCUT2D eigenvalue weighted by Crippen LogP contribution is -2.12. The molecule has 122 valence electrons. The molecule has 1 amide bonds. The van der Waals surface area contributed by atoms with Gasteiger partial charge >= 0.3 is 6.01 Å². The molecule has 0 radical (unpaired) electrons. The Balaban J connectivity index is 1.48. The monoisotopic (exact) mass is 360 g/mol. The van der Waals surface area contributed by atoms with E-state index in [1.54, 1.807) is 36.3 Å². The zero-order valence-corrected chi connectivity index (χ0v) is 14.0. The van der Waals surface area contributed by atoms with Gasteiger partial charge in [0, 0.05) is 34.5 Å². The highest BCUT2D eigenvalue weighted by atomic mass is 35.5. The van der Waals surface area contributed by atoms with Crippen molar-refractivity contribution in [3.05, 3.63) is 53.8 Å². The molecule has 24 heavy (non-hydrogen) atoms. The average Bonchev–Trinajstić information content (AvgIpc) is 3.06. The van der Waals surface area contributed by atoms with Crippen LogP contribution in [-0.2, 0) is 4.79 Å². The first-order valence-electron chi connectivity index (χ1n) is 7.13. The van der Waals surface area contributed by atoms with Gasteiger partial charge in [-0.3, -0.25) is 15.1 Å². The van der Waals surface area contributed by atoms with Gasteiger partial charge in [0.1, 0.15) is 0 Å². The number of nitrogens with zero attached hydrogens (tertiary/aromatic N) is 3. The quantitative estimate of drug-likeness (QED) is 0.671. The third-order valence-electron chi connectivity index (χ3n) is 2.99. The second-order valence-corrected chi connectivity index (χ2v) is 6.36. The van der Waals surface area contributed by atoms with E-state index in [9.17, 15) is 4.79 Å². The summed E-state index contributed by atoms with van der Waals surface area (Å²) in [5.74, 6) is 0.767. The molecule has 0 fully saturated rings. The predicted molar refractivity (Wildman–Crippen MR) is 93.0 cm³/mol. The fourth-order valence-electron chi connectivity index (χ4n) is 1.85. The third-order valence-corrected chi connectivity index (χ3v) is 4.26. The second-order valence-electron chi connectivity index (χ2n) is 4.75. The Morgan fingerprint density at radius 3 is 2.79 bits per heavy atom. The van der Waals surface area contributed by atoms with Crippen LogP contribution in [0.5, 0.6) is 0 Å². The summed E-state index contributed by atoms with van der Waals surface area (Å²) in [5, 5.41) is 11.0. The largest absolute Gasteiger partial charge is 0.403 e. The number of anilines is 1. The highest BCUT2D eigenvalue weighted by Gasteiger charge is 2.11. The molecule has 8 heteroatoms. The number of rotatable bonds is 6. The van der Waals surface area contributed by atoms with Gasteiger partial charge in [0.2, 0.25) is 5.91 Å². The summed E-state index contributed by atoms with van der Waals surface area (Å²) in [7, 11) is 0. The fraction of sp³-hybridized carbons (Fsp3) is 0.125. The van der Waals surface area contributed by atoms with Crippen LogP contribution in [0, 0.1) is 0 Å². The topological polar surface area (TPSA) is 80.9 Å². The number of halogens is 1. The van der Waals surface area contributed by atoms with Gasteiger partial charge in [0.25, 0.3) is 5.89 Å². The minimum atomic E-state index is -0.183. The summed E-state index contributed by atoms with van der Waals surface area (Å²) < 4.78 is 5.40. The smallest absolute Gasteiger partial charge is 0.322 e. The normalized spacial score (nSPS) is 10.5. The number of amides is 1. The van der Waals surface area contributed by atoms with E-state index in [1.807, 2.05) is 24.3 Å². The summed E-state index contributed by atoms with van der Waals surface area (Å²) in [6, 6.07) is 11.1. The van der Waals surface area contributed by atoms with Crippen molar-refractivity contribution in [2.75, 3.05) is 11.1 Å². The Bertz CT molecular complexity index is 808. The third kappa shape index (κ3) is 4.56. The standard InChI is InChI=1S/C16H13ClN4O2S/c17-12-3-5-13(6-4-12)24-9-7-14(22)19-16-21-20-15(23-16)11-2-1-8-18-10-11/h1-6,8,10H,7,9H2,(H,19,21,22). The molecule has 6 nitrogen and oxygen atoms in total. The van der Waals surface area contributed by atoms with Gasteiger partial charge in [-0.05, 0) is 36.4 Å². The lowest BCUT2D eigenvalue weighted by atomic mass is 10.3.